The van der Waals surface area contributed by atoms with Crippen molar-refractivity contribution >= 4 is 11.7 Å². The van der Waals surface area contributed by atoms with Gasteiger partial charge in [-0.25, -0.2) is 0 Å². The highest BCUT2D eigenvalue weighted by atomic mass is 16.5. The Hall–Kier alpha value is -1.84. The van der Waals surface area contributed by atoms with Gasteiger partial charge >= 0.3 is 0 Å². The van der Waals surface area contributed by atoms with Crippen LogP contribution in [0.1, 0.15) is 43.5 Å². The maximum absolute atomic E-state index is 12.0. The fraction of sp³-hybridized carbons (Fsp3) is 0.500. The summed E-state index contributed by atoms with van der Waals surface area (Å²) in [5.41, 5.74) is 0.668. The minimum absolute atomic E-state index is 0.0694. The zero-order chi connectivity index (χ0) is 15.0. The SMILES string of the molecule is CCN(CC)C(=O)CCCC(=O)c1ccc(OC)cc1. The third-order valence-corrected chi connectivity index (χ3v) is 3.32. The number of hydrogen-bond acceptors (Lipinski definition) is 3. The molecule has 0 atom stereocenters. The zero-order valence-electron chi connectivity index (χ0n) is 12.5. The van der Waals surface area contributed by atoms with Crippen molar-refractivity contribution in [3.63, 3.8) is 0 Å². The van der Waals surface area contributed by atoms with Crippen molar-refractivity contribution in [2.24, 2.45) is 0 Å². The predicted molar refractivity (Wildman–Crippen MR) is 79.1 cm³/mol. The number of ketones is 1. The van der Waals surface area contributed by atoms with Crippen LogP contribution in [-0.4, -0.2) is 36.8 Å². The van der Waals surface area contributed by atoms with Gasteiger partial charge in [-0.15, -0.1) is 0 Å². The van der Waals surface area contributed by atoms with Crippen LogP contribution in [0.5, 0.6) is 5.75 Å². The highest BCUT2D eigenvalue weighted by molar-refractivity contribution is 5.96. The molecule has 4 heteroatoms. The average molecular weight is 277 g/mol. The number of hydrogen-bond donors (Lipinski definition) is 0. The van der Waals surface area contributed by atoms with Crippen molar-refractivity contribution in [1.29, 1.82) is 0 Å². The lowest BCUT2D eigenvalue weighted by molar-refractivity contribution is -0.130. The largest absolute Gasteiger partial charge is 0.497 e. The monoisotopic (exact) mass is 277 g/mol. The summed E-state index contributed by atoms with van der Waals surface area (Å²) in [5.74, 6) is 0.927. The van der Waals surface area contributed by atoms with Gasteiger partial charge in [0.15, 0.2) is 5.78 Å². The van der Waals surface area contributed by atoms with Crippen LogP contribution in [0.3, 0.4) is 0 Å². The number of carbonyl (C=O) groups is 2. The highest BCUT2D eigenvalue weighted by Gasteiger charge is 2.11. The van der Waals surface area contributed by atoms with Gasteiger partial charge < -0.3 is 9.64 Å². The molecular formula is C16H23NO3. The summed E-state index contributed by atoms with van der Waals surface area (Å²) >= 11 is 0. The van der Waals surface area contributed by atoms with E-state index in [0.29, 0.717) is 24.8 Å². The topological polar surface area (TPSA) is 46.6 Å². The number of Topliss-reactive ketones (excluding diaryl/α,β-unsaturated/α-hetero) is 1. The molecule has 4 nitrogen and oxygen atoms in total. The van der Waals surface area contributed by atoms with Crippen molar-refractivity contribution < 1.29 is 14.3 Å². The number of amides is 1. The highest BCUT2D eigenvalue weighted by Crippen LogP contribution is 2.14. The van der Waals surface area contributed by atoms with Gasteiger partial charge in [0, 0.05) is 31.5 Å². The first kappa shape index (κ1) is 16.2. The molecule has 0 bridgehead atoms. The van der Waals surface area contributed by atoms with Crippen LogP contribution in [0.15, 0.2) is 24.3 Å². The molecule has 1 aromatic carbocycles. The molecule has 0 spiro atoms. The molecule has 0 aliphatic rings. The lowest BCUT2D eigenvalue weighted by Gasteiger charge is -2.18. The molecule has 1 rings (SSSR count). The van der Waals surface area contributed by atoms with Gasteiger partial charge in [-0.1, -0.05) is 0 Å². The van der Waals surface area contributed by atoms with E-state index < -0.39 is 0 Å². The minimum atomic E-state index is 0.0694. The molecule has 0 saturated carbocycles. The number of nitrogens with zero attached hydrogens (tertiary/aromatic N) is 1. The van der Waals surface area contributed by atoms with E-state index in [-0.39, 0.29) is 11.7 Å². The van der Waals surface area contributed by atoms with Crippen molar-refractivity contribution in [3.8, 4) is 5.75 Å². The summed E-state index contributed by atoms with van der Waals surface area (Å²) in [5, 5.41) is 0. The molecule has 0 radical (unpaired) electrons. The average Bonchev–Trinajstić information content (AvgIpc) is 2.48. The van der Waals surface area contributed by atoms with E-state index in [1.165, 1.54) is 0 Å². The second-order valence-corrected chi connectivity index (χ2v) is 4.57. The Morgan fingerprint density at radius 3 is 2.15 bits per heavy atom. The molecule has 0 saturated heterocycles. The Labute approximate surface area is 120 Å². The fourth-order valence-electron chi connectivity index (χ4n) is 2.06. The van der Waals surface area contributed by atoms with Gasteiger partial charge in [-0.2, -0.15) is 0 Å². The molecule has 1 aromatic rings. The second-order valence-electron chi connectivity index (χ2n) is 4.57. The Morgan fingerprint density at radius 2 is 1.65 bits per heavy atom. The van der Waals surface area contributed by atoms with Gasteiger partial charge in [0.25, 0.3) is 0 Å². The number of benzene rings is 1. The van der Waals surface area contributed by atoms with Crippen molar-refractivity contribution in [2.45, 2.75) is 33.1 Å². The Balaban J connectivity index is 2.41. The second kappa shape index (κ2) is 8.35. The number of carbonyl (C=O) groups excluding carboxylic acids is 2. The molecule has 0 fully saturated rings. The van der Waals surface area contributed by atoms with Gasteiger partial charge in [0.1, 0.15) is 5.75 Å². The molecule has 20 heavy (non-hydrogen) atoms. The van der Waals surface area contributed by atoms with Crippen LogP contribution in [0.25, 0.3) is 0 Å². The third-order valence-electron chi connectivity index (χ3n) is 3.32. The van der Waals surface area contributed by atoms with E-state index in [4.69, 9.17) is 4.74 Å². The van der Waals surface area contributed by atoms with Crippen LogP contribution >= 0.6 is 0 Å². The summed E-state index contributed by atoms with van der Waals surface area (Å²) in [6, 6.07) is 7.06. The minimum Gasteiger partial charge on any atom is -0.497 e. The van der Waals surface area contributed by atoms with Crippen molar-refractivity contribution in [2.75, 3.05) is 20.2 Å². The van der Waals surface area contributed by atoms with Crippen LogP contribution in [0.2, 0.25) is 0 Å². The Kier molecular flexibility index (Phi) is 6.77. The standard InChI is InChI=1S/C16H23NO3/c1-4-17(5-2)16(19)8-6-7-15(18)13-9-11-14(20-3)12-10-13/h9-12H,4-8H2,1-3H3. The molecule has 0 N–H and O–H groups in total. The maximum atomic E-state index is 12.0. The number of rotatable bonds is 8. The molecule has 0 unspecified atom stereocenters. The summed E-state index contributed by atoms with van der Waals surface area (Å²) in [6.07, 6.45) is 1.43. The van der Waals surface area contributed by atoms with E-state index in [2.05, 4.69) is 0 Å². The molecule has 0 aliphatic heterocycles. The van der Waals surface area contributed by atoms with Gasteiger partial charge in [-0.05, 0) is 44.5 Å². The first-order chi connectivity index (χ1) is 9.62. The van der Waals surface area contributed by atoms with E-state index in [1.807, 2.05) is 13.8 Å². The smallest absolute Gasteiger partial charge is 0.222 e. The maximum Gasteiger partial charge on any atom is 0.222 e. The molecule has 0 heterocycles. The Bertz CT molecular complexity index is 436. The predicted octanol–water partition coefficient (Wildman–Crippen LogP) is 2.92. The first-order valence-electron chi connectivity index (χ1n) is 7.07. The molecule has 0 aliphatic carbocycles. The van der Waals surface area contributed by atoms with E-state index >= 15 is 0 Å². The lowest BCUT2D eigenvalue weighted by atomic mass is 10.1. The number of methoxy groups -OCH3 is 1. The van der Waals surface area contributed by atoms with Gasteiger partial charge in [0.2, 0.25) is 5.91 Å². The van der Waals surface area contributed by atoms with Gasteiger partial charge in [0.05, 0.1) is 7.11 Å². The van der Waals surface area contributed by atoms with Crippen LogP contribution in [0, 0.1) is 0 Å². The fourth-order valence-corrected chi connectivity index (χ4v) is 2.06. The lowest BCUT2D eigenvalue weighted by Crippen LogP contribution is -2.30. The van der Waals surface area contributed by atoms with Crippen molar-refractivity contribution in [1.82, 2.24) is 4.90 Å². The summed E-state index contributed by atoms with van der Waals surface area (Å²) < 4.78 is 5.05. The summed E-state index contributed by atoms with van der Waals surface area (Å²) in [6.45, 7) is 5.37. The molecular weight excluding hydrogens is 254 g/mol. The molecule has 110 valence electrons. The molecule has 0 aromatic heterocycles. The van der Waals surface area contributed by atoms with E-state index in [9.17, 15) is 9.59 Å². The van der Waals surface area contributed by atoms with Crippen LogP contribution in [-0.2, 0) is 4.79 Å². The van der Waals surface area contributed by atoms with E-state index in [0.717, 1.165) is 18.8 Å². The normalized spacial score (nSPS) is 10.2. The first-order valence-corrected chi connectivity index (χ1v) is 7.07. The number of ether oxygens (including phenoxy) is 1. The molecule has 1 amide bonds. The van der Waals surface area contributed by atoms with Crippen LogP contribution < -0.4 is 4.74 Å². The summed E-state index contributed by atoms with van der Waals surface area (Å²) in [4.78, 5) is 25.6. The summed E-state index contributed by atoms with van der Waals surface area (Å²) in [7, 11) is 1.59. The third kappa shape index (κ3) is 4.68. The van der Waals surface area contributed by atoms with E-state index in [1.54, 1.807) is 36.3 Å². The van der Waals surface area contributed by atoms with Gasteiger partial charge in [-0.3, -0.25) is 9.59 Å². The zero-order valence-corrected chi connectivity index (χ0v) is 12.5. The van der Waals surface area contributed by atoms with Crippen molar-refractivity contribution in [3.05, 3.63) is 29.8 Å². The van der Waals surface area contributed by atoms with Crippen LogP contribution in [0.4, 0.5) is 0 Å². The quantitative estimate of drug-likeness (QED) is 0.686. The Morgan fingerprint density at radius 1 is 1.05 bits per heavy atom.